The van der Waals surface area contributed by atoms with E-state index in [1.807, 2.05) is 12.2 Å². The number of carbonyl (C=O) groups excluding carboxylic acids is 2. The largest absolute Gasteiger partial charge is 0.481 e. The fourth-order valence-electron chi connectivity index (χ4n) is 1.39. The first-order valence-corrected chi connectivity index (χ1v) is 5.93. The van der Waals surface area contributed by atoms with Crippen LogP contribution >= 0.6 is 0 Å². The summed E-state index contributed by atoms with van der Waals surface area (Å²) in [6, 6.07) is -0.845. The summed E-state index contributed by atoms with van der Waals surface area (Å²) in [7, 11) is 0. The molecule has 0 fully saturated rings. The molecule has 7 heteroatoms. The van der Waals surface area contributed by atoms with Crippen molar-refractivity contribution in [1.29, 1.82) is 0 Å². The molecule has 104 valence electrons. The number of hydrogen-bond donors (Lipinski definition) is 4. The molecule has 0 aliphatic carbocycles. The van der Waals surface area contributed by atoms with Crippen LogP contribution < -0.4 is 16.4 Å². The van der Waals surface area contributed by atoms with Gasteiger partial charge in [0.1, 0.15) is 0 Å². The molecule has 0 saturated heterocycles. The number of carbonyl (C=O) groups is 3. The predicted octanol–water partition coefficient (Wildman–Crippen LogP) is 0.0520. The molecule has 0 aromatic rings. The highest BCUT2D eigenvalue weighted by atomic mass is 16.4. The van der Waals surface area contributed by atoms with Gasteiger partial charge in [-0.15, -0.1) is 0 Å². The number of hydrogen-bond acceptors (Lipinski definition) is 4. The van der Waals surface area contributed by atoms with E-state index in [0.717, 1.165) is 6.42 Å². The molecular weight excluding hydrogens is 238 g/mol. The van der Waals surface area contributed by atoms with Crippen LogP contribution in [0.3, 0.4) is 0 Å². The van der Waals surface area contributed by atoms with Crippen LogP contribution in [0, 0.1) is 5.92 Å². The average molecular weight is 259 g/mol. The van der Waals surface area contributed by atoms with Crippen LogP contribution in [0.1, 0.15) is 32.6 Å². The third kappa shape index (κ3) is 10.9. The first-order chi connectivity index (χ1) is 8.41. The molecule has 0 heterocycles. The number of nitrogens with two attached hydrogens (primary N) is 1. The van der Waals surface area contributed by atoms with Crippen LogP contribution in [-0.2, 0) is 9.59 Å². The molecule has 7 nitrogen and oxygen atoms in total. The molecule has 5 N–H and O–H groups in total. The Hall–Kier alpha value is -1.63. The van der Waals surface area contributed by atoms with Gasteiger partial charge in [-0.05, 0) is 25.3 Å². The maximum atomic E-state index is 11.0. The quantitative estimate of drug-likeness (QED) is 0.436. The third-order valence-corrected chi connectivity index (χ3v) is 2.46. The first-order valence-electron chi connectivity index (χ1n) is 5.93. The van der Waals surface area contributed by atoms with Gasteiger partial charge in [0.05, 0.1) is 0 Å². The van der Waals surface area contributed by atoms with Gasteiger partial charge in [0.2, 0.25) is 5.91 Å². The van der Waals surface area contributed by atoms with E-state index in [9.17, 15) is 14.4 Å². The minimum Gasteiger partial charge on any atom is -0.481 e. The Labute approximate surface area is 106 Å². The molecule has 1 unspecified atom stereocenters. The fourth-order valence-corrected chi connectivity index (χ4v) is 1.39. The summed E-state index contributed by atoms with van der Waals surface area (Å²) in [5, 5.41) is 13.5. The van der Waals surface area contributed by atoms with E-state index in [1.165, 1.54) is 0 Å². The molecule has 0 aromatic carbocycles. The maximum Gasteiger partial charge on any atom is 0.318 e. The van der Waals surface area contributed by atoms with Crippen molar-refractivity contribution in [2.24, 2.45) is 11.7 Å². The Kier molecular flexibility index (Phi) is 8.55. The average Bonchev–Trinajstić information content (AvgIpc) is 2.24. The minimum absolute atomic E-state index is 0.183. The number of amides is 3. The number of rotatable bonds is 9. The van der Waals surface area contributed by atoms with Gasteiger partial charge in [0, 0.05) is 19.4 Å². The summed E-state index contributed by atoms with van der Waals surface area (Å²) in [4.78, 5) is 31.7. The molecule has 0 radical (unpaired) electrons. The topological polar surface area (TPSA) is 122 Å². The van der Waals surface area contributed by atoms with Gasteiger partial charge in [-0.25, -0.2) is 4.79 Å². The van der Waals surface area contributed by atoms with E-state index in [4.69, 9.17) is 10.8 Å². The van der Waals surface area contributed by atoms with Crippen molar-refractivity contribution in [2.75, 3.05) is 13.1 Å². The van der Waals surface area contributed by atoms with Crippen molar-refractivity contribution in [1.82, 2.24) is 10.6 Å². The zero-order valence-corrected chi connectivity index (χ0v) is 10.6. The summed E-state index contributed by atoms with van der Waals surface area (Å²) in [6.07, 6.45) is 1.87. The second-order valence-corrected chi connectivity index (χ2v) is 4.24. The number of imide groups is 1. The van der Waals surface area contributed by atoms with E-state index in [-0.39, 0.29) is 12.8 Å². The van der Waals surface area contributed by atoms with Gasteiger partial charge >= 0.3 is 12.0 Å². The Balaban J connectivity index is 3.42. The lowest BCUT2D eigenvalue weighted by molar-refractivity contribution is -0.137. The monoisotopic (exact) mass is 259 g/mol. The van der Waals surface area contributed by atoms with Gasteiger partial charge in [-0.2, -0.15) is 0 Å². The third-order valence-electron chi connectivity index (χ3n) is 2.46. The van der Waals surface area contributed by atoms with Crippen LogP contribution in [0.4, 0.5) is 4.79 Å². The molecule has 0 spiro atoms. The summed E-state index contributed by atoms with van der Waals surface area (Å²) < 4.78 is 0. The summed E-state index contributed by atoms with van der Waals surface area (Å²) in [5.41, 5.74) is 4.78. The normalized spacial score (nSPS) is 11.8. The fraction of sp³-hybridized carbons (Fsp3) is 0.727. The molecule has 0 rings (SSSR count). The highest BCUT2D eigenvalue weighted by molar-refractivity contribution is 5.93. The van der Waals surface area contributed by atoms with Crippen LogP contribution in [-0.4, -0.2) is 36.1 Å². The number of nitrogens with one attached hydrogen (secondary N) is 2. The predicted molar refractivity (Wildman–Crippen MR) is 65.9 cm³/mol. The van der Waals surface area contributed by atoms with E-state index in [1.54, 1.807) is 0 Å². The van der Waals surface area contributed by atoms with Crippen molar-refractivity contribution in [3.05, 3.63) is 0 Å². The zero-order valence-electron chi connectivity index (χ0n) is 10.6. The Morgan fingerprint density at radius 2 is 1.83 bits per heavy atom. The number of urea groups is 1. The molecular formula is C11H21N3O4. The van der Waals surface area contributed by atoms with Crippen molar-refractivity contribution >= 4 is 17.9 Å². The zero-order chi connectivity index (χ0) is 14.0. The summed E-state index contributed by atoms with van der Waals surface area (Å²) in [6.45, 7) is 3.17. The van der Waals surface area contributed by atoms with E-state index in [0.29, 0.717) is 25.4 Å². The van der Waals surface area contributed by atoms with Crippen LogP contribution in [0.25, 0.3) is 0 Å². The summed E-state index contributed by atoms with van der Waals surface area (Å²) in [5.74, 6) is -0.861. The molecule has 0 aliphatic rings. The lowest BCUT2D eigenvalue weighted by Gasteiger charge is -2.10. The summed E-state index contributed by atoms with van der Waals surface area (Å²) >= 11 is 0. The highest BCUT2D eigenvalue weighted by Crippen LogP contribution is 2.08. The van der Waals surface area contributed by atoms with Gasteiger partial charge in [-0.3, -0.25) is 14.9 Å². The van der Waals surface area contributed by atoms with Crippen LogP contribution in [0.2, 0.25) is 0 Å². The minimum atomic E-state index is -0.845. The second kappa shape index (κ2) is 9.41. The molecule has 18 heavy (non-hydrogen) atoms. The second-order valence-electron chi connectivity index (χ2n) is 4.24. The van der Waals surface area contributed by atoms with Gasteiger partial charge in [0.25, 0.3) is 0 Å². The molecule has 1 atom stereocenters. The Morgan fingerprint density at radius 3 is 2.39 bits per heavy atom. The Bertz CT molecular complexity index is 294. The smallest absolute Gasteiger partial charge is 0.318 e. The first kappa shape index (κ1) is 16.4. The van der Waals surface area contributed by atoms with Crippen molar-refractivity contribution in [2.45, 2.75) is 32.6 Å². The highest BCUT2D eigenvalue weighted by Gasteiger charge is 2.06. The molecule has 0 bridgehead atoms. The van der Waals surface area contributed by atoms with Crippen molar-refractivity contribution < 1.29 is 19.5 Å². The van der Waals surface area contributed by atoms with Crippen LogP contribution in [0.15, 0.2) is 0 Å². The maximum absolute atomic E-state index is 11.0. The van der Waals surface area contributed by atoms with Gasteiger partial charge in [0.15, 0.2) is 0 Å². The number of carboxylic acid groups (broad SMARTS) is 1. The number of aliphatic carboxylic acids is 1. The number of carboxylic acids is 1. The van der Waals surface area contributed by atoms with Crippen molar-refractivity contribution in [3.8, 4) is 0 Å². The lowest BCUT2D eigenvalue weighted by atomic mass is 10.0. The molecule has 0 aromatic heterocycles. The van der Waals surface area contributed by atoms with E-state index >= 15 is 0 Å². The van der Waals surface area contributed by atoms with Crippen molar-refractivity contribution in [3.63, 3.8) is 0 Å². The number of primary amides is 1. The lowest BCUT2D eigenvalue weighted by Crippen LogP contribution is -2.36. The Morgan fingerprint density at radius 1 is 1.17 bits per heavy atom. The van der Waals surface area contributed by atoms with Crippen LogP contribution in [0.5, 0.6) is 0 Å². The molecule has 0 saturated carbocycles. The van der Waals surface area contributed by atoms with Gasteiger partial charge in [-0.1, -0.05) is 6.92 Å². The van der Waals surface area contributed by atoms with E-state index in [2.05, 4.69) is 5.32 Å². The molecule has 3 amide bonds. The van der Waals surface area contributed by atoms with Gasteiger partial charge < -0.3 is 16.2 Å². The SMILES string of the molecule is CC(CCNCCC(=O)NC(N)=O)CCC(=O)O. The van der Waals surface area contributed by atoms with E-state index < -0.39 is 17.9 Å². The standard InChI is InChI=1S/C11H21N3O4/c1-8(2-3-10(16)17)4-6-13-7-5-9(15)14-11(12)18/h8,13H,2-7H2,1H3,(H,16,17)(H3,12,14,15,18). The molecule has 0 aliphatic heterocycles.